The lowest BCUT2D eigenvalue weighted by molar-refractivity contribution is 0.101. The first-order chi connectivity index (χ1) is 14.5. The van der Waals surface area contributed by atoms with Crippen LogP contribution in [0.15, 0.2) is 48.5 Å². The van der Waals surface area contributed by atoms with Crippen LogP contribution in [0.25, 0.3) is 0 Å². The van der Waals surface area contributed by atoms with E-state index in [-0.39, 0.29) is 11.6 Å². The summed E-state index contributed by atoms with van der Waals surface area (Å²) >= 11 is 0. The molecule has 30 heavy (non-hydrogen) atoms. The Bertz CT molecular complexity index is 818. The zero-order chi connectivity index (χ0) is 21.3. The van der Waals surface area contributed by atoms with E-state index in [4.69, 9.17) is 4.74 Å². The van der Waals surface area contributed by atoms with E-state index in [0.717, 1.165) is 62.3 Å². The van der Waals surface area contributed by atoms with Crippen LogP contribution in [0.1, 0.15) is 41.3 Å². The molecule has 1 aliphatic rings. The van der Waals surface area contributed by atoms with Crippen molar-refractivity contribution in [3.8, 4) is 0 Å². The molecule has 2 aromatic rings. The summed E-state index contributed by atoms with van der Waals surface area (Å²) in [7, 11) is 1.73. The number of nitrogens with zero attached hydrogens (tertiary/aromatic N) is 2. The van der Waals surface area contributed by atoms with Crippen LogP contribution in [0.4, 0.5) is 4.39 Å². The molecule has 0 radical (unpaired) electrons. The van der Waals surface area contributed by atoms with E-state index in [1.54, 1.807) is 20.1 Å². The van der Waals surface area contributed by atoms with Crippen molar-refractivity contribution < 1.29 is 13.9 Å². The fourth-order valence-electron chi connectivity index (χ4n) is 4.16. The molecule has 0 aromatic heterocycles. The van der Waals surface area contributed by atoms with Gasteiger partial charge in [-0.2, -0.15) is 0 Å². The van der Waals surface area contributed by atoms with Gasteiger partial charge < -0.3 is 4.74 Å². The minimum Gasteiger partial charge on any atom is -0.383 e. The Morgan fingerprint density at radius 1 is 1.17 bits per heavy atom. The van der Waals surface area contributed by atoms with Crippen LogP contribution < -0.4 is 0 Å². The highest BCUT2D eigenvalue weighted by molar-refractivity contribution is 5.94. The highest BCUT2D eigenvalue weighted by Gasteiger charge is 2.22. The van der Waals surface area contributed by atoms with Crippen LogP contribution in [0.2, 0.25) is 0 Å². The summed E-state index contributed by atoms with van der Waals surface area (Å²) in [5.74, 6) is 0.607. The maximum absolute atomic E-state index is 13.9. The van der Waals surface area contributed by atoms with Crippen LogP contribution in [0, 0.1) is 11.7 Å². The predicted octanol–water partition coefficient (Wildman–Crippen LogP) is 4.39. The largest absolute Gasteiger partial charge is 0.383 e. The first-order valence-electron chi connectivity index (χ1n) is 10.8. The summed E-state index contributed by atoms with van der Waals surface area (Å²) in [5, 5.41) is 0. The van der Waals surface area contributed by atoms with Crippen LogP contribution in [0.5, 0.6) is 0 Å². The van der Waals surface area contributed by atoms with E-state index >= 15 is 0 Å². The quantitative estimate of drug-likeness (QED) is 0.542. The SMILES string of the molecule is COCCN(Cc1cccc(C(C)=O)c1)CC1CCN(Cc2ccccc2F)CC1. The molecule has 1 heterocycles. The number of benzene rings is 2. The number of halogens is 1. The molecule has 162 valence electrons. The van der Waals surface area contributed by atoms with Gasteiger partial charge in [0.05, 0.1) is 6.61 Å². The van der Waals surface area contributed by atoms with Crippen molar-refractivity contribution in [3.05, 3.63) is 71.0 Å². The Morgan fingerprint density at radius 3 is 2.63 bits per heavy atom. The molecular formula is C25H33FN2O2. The van der Waals surface area contributed by atoms with Gasteiger partial charge in [-0.3, -0.25) is 14.6 Å². The number of piperidine rings is 1. The maximum Gasteiger partial charge on any atom is 0.159 e. The Morgan fingerprint density at radius 2 is 1.93 bits per heavy atom. The normalized spacial score (nSPS) is 15.6. The zero-order valence-electron chi connectivity index (χ0n) is 18.1. The number of likely N-dealkylation sites (tertiary alicyclic amines) is 1. The van der Waals surface area contributed by atoms with Crippen molar-refractivity contribution in [1.82, 2.24) is 9.80 Å². The van der Waals surface area contributed by atoms with Gasteiger partial charge in [0.1, 0.15) is 5.82 Å². The molecular weight excluding hydrogens is 379 g/mol. The summed E-state index contributed by atoms with van der Waals surface area (Å²) in [6, 6.07) is 15.0. The Kier molecular flexibility index (Phi) is 8.55. The van der Waals surface area contributed by atoms with Gasteiger partial charge in [0.15, 0.2) is 5.78 Å². The molecule has 5 heteroatoms. The highest BCUT2D eigenvalue weighted by atomic mass is 19.1. The first-order valence-corrected chi connectivity index (χ1v) is 10.8. The van der Waals surface area contributed by atoms with Crippen molar-refractivity contribution in [2.75, 3.05) is 39.9 Å². The molecule has 1 aliphatic heterocycles. The Hall–Kier alpha value is -2.08. The van der Waals surface area contributed by atoms with Crippen molar-refractivity contribution >= 4 is 5.78 Å². The summed E-state index contributed by atoms with van der Waals surface area (Å²) in [6.07, 6.45) is 2.23. The van der Waals surface area contributed by atoms with E-state index < -0.39 is 0 Å². The van der Waals surface area contributed by atoms with E-state index in [0.29, 0.717) is 19.1 Å². The number of carbonyl (C=O) groups is 1. The van der Waals surface area contributed by atoms with E-state index in [1.165, 1.54) is 6.07 Å². The number of ketones is 1. The summed E-state index contributed by atoms with van der Waals surface area (Å²) in [6.45, 7) is 7.69. The van der Waals surface area contributed by atoms with Gasteiger partial charge in [0.2, 0.25) is 0 Å². The maximum atomic E-state index is 13.9. The monoisotopic (exact) mass is 412 g/mol. The Labute approximate surface area is 179 Å². The second kappa shape index (κ2) is 11.3. The lowest BCUT2D eigenvalue weighted by atomic mass is 9.95. The van der Waals surface area contributed by atoms with Crippen molar-refractivity contribution in [1.29, 1.82) is 0 Å². The molecule has 0 spiro atoms. The summed E-state index contributed by atoms with van der Waals surface area (Å²) in [5.41, 5.74) is 2.71. The number of Topliss-reactive ketones (excluding diaryl/α,β-unsaturated/α-hetero) is 1. The van der Waals surface area contributed by atoms with Crippen LogP contribution >= 0.6 is 0 Å². The topological polar surface area (TPSA) is 32.8 Å². The second-order valence-electron chi connectivity index (χ2n) is 8.30. The minimum absolute atomic E-state index is 0.0996. The molecule has 0 atom stereocenters. The van der Waals surface area contributed by atoms with Crippen molar-refractivity contribution in [2.45, 2.75) is 32.9 Å². The van der Waals surface area contributed by atoms with Crippen molar-refractivity contribution in [2.24, 2.45) is 5.92 Å². The van der Waals surface area contributed by atoms with Gasteiger partial charge in [-0.15, -0.1) is 0 Å². The number of methoxy groups -OCH3 is 1. The molecule has 0 aliphatic carbocycles. The van der Waals surface area contributed by atoms with E-state index in [9.17, 15) is 9.18 Å². The summed E-state index contributed by atoms with van der Waals surface area (Å²) in [4.78, 5) is 16.5. The molecule has 2 aromatic carbocycles. The number of hydrogen-bond donors (Lipinski definition) is 0. The third kappa shape index (κ3) is 6.73. The minimum atomic E-state index is -0.113. The van der Waals surface area contributed by atoms with E-state index in [2.05, 4.69) is 15.9 Å². The van der Waals surface area contributed by atoms with Crippen LogP contribution in [-0.2, 0) is 17.8 Å². The average molecular weight is 413 g/mol. The van der Waals surface area contributed by atoms with Crippen molar-refractivity contribution in [3.63, 3.8) is 0 Å². The third-order valence-electron chi connectivity index (χ3n) is 5.93. The Balaban J connectivity index is 1.53. The molecule has 1 fully saturated rings. The van der Waals surface area contributed by atoms with Gasteiger partial charge in [-0.1, -0.05) is 36.4 Å². The standard InChI is InChI=1S/C25H33FN2O2/c1-20(29)23-8-5-6-22(16-23)18-28(14-15-30-2)17-21-10-12-27(13-11-21)19-24-7-3-4-9-25(24)26/h3-9,16,21H,10-15,17-19H2,1-2H3. The third-order valence-corrected chi connectivity index (χ3v) is 5.93. The second-order valence-corrected chi connectivity index (χ2v) is 8.30. The molecule has 4 nitrogen and oxygen atoms in total. The first kappa shape index (κ1) is 22.6. The van der Waals surface area contributed by atoms with Crippen LogP contribution in [0.3, 0.4) is 0 Å². The molecule has 1 saturated heterocycles. The molecule has 3 rings (SSSR count). The lowest BCUT2D eigenvalue weighted by Crippen LogP contribution is -2.39. The fraction of sp³-hybridized carbons (Fsp3) is 0.480. The summed E-state index contributed by atoms with van der Waals surface area (Å²) < 4.78 is 19.2. The molecule has 0 N–H and O–H groups in total. The van der Waals surface area contributed by atoms with Gasteiger partial charge in [-0.05, 0) is 56.5 Å². The zero-order valence-corrected chi connectivity index (χ0v) is 18.1. The number of rotatable bonds is 10. The van der Waals surface area contributed by atoms with Gasteiger partial charge in [0, 0.05) is 44.4 Å². The van der Waals surface area contributed by atoms with Crippen LogP contribution in [-0.4, -0.2) is 55.5 Å². The van der Waals surface area contributed by atoms with Gasteiger partial charge >= 0.3 is 0 Å². The smallest absolute Gasteiger partial charge is 0.159 e. The molecule has 0 saturated carbocycles. The number of carbonyl (C=O) groups excluding carboxylic acids is 1. The van der Waals surface area contributed by atoms with E-state index in [1.807, 2.05) is 30.3 Å². The molecule has 0 bridgehead atoms. The highest BCUT2D eigenvalue weighted by Crippen LogP contribution is 2.22. The molecule has 0 unspecified atom stereocenters. The average Bonchev–Trinajstić information content (AvgIpc) is 2.75. The molecule has 0 amide bonds. The van der Waals surface area contributed by atoms with Gasteiger partial charge in [0.25, 0.3) is 0 Å². The fourth-order valence-corrected chi connectivity index (χ4v) is 4.16. The van der Waals surface area contributed by atoms with Gasteiger partial charge in [-0.25, -0.2) is 4.39 Å². The predicted molar refractivity (Wildman–Crippen MR) is 118 cm³/mol. The number of hydrogen-bond acceptors (Lipinski definition) is 4. The lowest BCUT2D eigenvalue weighted by Gasteiger charge is -2.35. The number of ether oxygens (including phenoxy) is 1.